The predicted molar refractivity (Wildman–Crippen MR) is 79.6 cm³/mol. The van der Waals surface area contributed by atoms with Crippen molar-refractivity contribution in [1.29, 1.82) is 5.26 Å². The van der Waals surface area contributed by atoms with E-state index >= 15 is 0 Å². The van der Waals surface area contributed by atoms with E-state index in [9.17, 15) is 12.8 Å². The molecule has 0 aliphatic carbocycles. The fraction of sp³-hybridized carbons (Fsp3) is 0.0625. The van der Waals surface area contributed by atoms with Crippen molar-refractivity contribution >= 4 is 16.8 Å². The van der Waals surface area contributed by atoms with Gasteiger partial charge in [-0.3, -0.25) is 0 Å². The fourth-order valence-corrected chi connectivity index (χ4v) is 2.48. The minimum Gasteiger partial charge on any atom is -0.231 e. The van der Waals surface area contributed by atoms with E-state index in [0.29, 0.717) is 16.7 Å². The number of hydrogen-bond acceptors (Lipinski definition) is 3. The lowest BCUT2D eigenvalue weighted by Gasteiger charge is -2.06. The van der Waals surface area contributed by atoms with Crippen LogP contribution < -0.4 is 0 Å². The fourth-order valence-electron chi connectivity index (χ4n) is 1.83. The van der Waals surface area contributed by atoms with Gasteiger partial charge in [0.25, 0.3) is 0 Å². The Labute approximate surface area is 123 Å². The van der Waals surface area contributed by atoms with E-state index in [4.69, 9.17) is 5.26 Å². The Bertz CT molecular complexity index is 748. The van der Waals surface area contributed by atoms with E-state index in [1.165, 1.54) is 12.1 Å². The monoisotopic (exact) mass is 301 g/mol. The maximum Gasteiger partial charge on any atom is 0.150 e. The highest BCUT2D eigenvalue weighted by Gasteiger charge is 2.10. The summed E-state index contributed by atoms with van der Waals surface area (Å²) in [5.74, 6) is -0.342. The number of rotatable bonds is 4. The van der Waals surface area contributed by atoms with Gasteiger partial charge in [0.05, 0.1) is 11.6 Å². The average molecular weight is 301 g/mol. The molecule has 0 radical (unpaired) electrons. The molecule has 2 rings (SSSR count). The number of thiol groups is 1. The van der Waals surface area contributed by atoms with Gasteiger partial charge in [0, 0.05) is 0 Å². The van der Waals surface area contributed by atoms with Crippen LogP contribution in [0, 0.1) is 17.1 Å². The van der Waals surface area contributed by atoms with Crippen LogP contribution in [0.4, 0.5) is 4.39 Å². The molecule has 0 N–H and O–H groups in total. The molecule has 0 aromatic heterocycles. The molecule has 2 aromatic carbocycles. The topological polar surface area (TPSA) is 57.9 Å². The third-order valence-corrected chi connectivity index (χ3v) is 3.87. The molecule has 0 saturated heterocycles. The molecule has 0 fully saturated rings. The van der Waals surface area contributed by atoms with Gasteiger partial charge in [-0.05, 0) is 35.4 Å². The van der Waals surface area contributed by atoms with Gasteiger partial charge in [-0.2, -0.15) is 5.26 Å². The lowest BCUT2D eigenvalue weighted by atomic mass is 10.1. The molecule has 0 saturated carbocycles. The van der Waals surface area contributed by atoms with Crippen LogP contribution >= 0.6 is 0 Å². The van der Waals surface area contributed by atoms with Crippen LogP contribution in [0.15, 0.2) is 54.6 Å². The van der Waals surface area contributed by atoms with Crippen molar-refractivity contribution in [2.24, 2.45) is 0 Å². The summed E-state index contributed by atoms with van der Waals surface area (Å²) in [5.41, 5.74) is 1.77. The average Bonchev–Trinajstić information content (AvgIpc) is 2.49. The van der Waals surface area contributed by atoms with Crippen molar-refractivity contribution in [1.82, 2.24) is 0 Å². The minimum atomic E-state index is -2.70. The first-order chi connectivity index (χ1) is 10.1. The van der Waals surface area contributed by atoms with Gasteiger partial charge in [-0.25, -0.2) is 12.8 Å². The lowest BCUT2D eigenvalue weighted by Crippen LogP contribution is -1.97. The smallest absolute Gasteiger partial charge is 0.150 e. The molecule has 0 spiro atoms. The first-order valence-electron chi connectivity index (χ1n) is 6.17. The minimum absolute atomic E-state index is 0.342. The molecule has 0 heterocycles. The van der Waals surface area contributed by atoms with E-state index in [0.717, 1.165) is 0 Å². The maximum atomic E-state index is 12.8. The van der Waals surface area contributed by atoms with Crippen molar-refractivity contribution in [3.8, 4) is 6.07 Å². The Morgan fingerprint density at radius 1 is 1.05 bits per heavy atom. The first-order valence-corrected chi connectivity index (χ1v) is 7.42. The molecule has 1 atom stereocenters. The van der Waals surface area contributed by atoms with Crippen LogP contribution in [0.5, 0.6) is 0 Å². The van der Waals surface area contributed by atoms with Crippen molar-refractivity contribution in [2.75, 3.05) is 0 Å². The summed E-state index contributed by atoms with van der Waals surface area (Å²) in [6.45, 7) is 0. The standard InChI is InChI=1S/C16H12FNO2S/c17-15-8-3-12(4-9-15)5-10-16(21(19)20)14-6-1-13(11-18)2-7-14/h1-10,16,21H. The summed E-state index contributed by atoms with van der Waals surface area (Å²) in [6, 6.07) is 14.1. The van der Waals surface area contributed by atoms with E-state index < -0.39 is 16.0 Å². The molecule has 0 aliphatic rings. The van der Waals surface area contributed by atoms with E-state index in [1.807, 2.05) is 6.07 Å². The summed E-state index contributed by atoms with van der Waals surface area (Å²) in [7, 11) is -2.70. The normalized spacial score (nSPS) is 12.4. The lowest BCUT2D eigenvalue weighted by molar-refractivity contribution is 0.609. The van der Waals surface area contributed by atoms with Gasteiger partial charge < -0.3 is 0 Å². The quantitative estimate of drug-likeness (QED) is 0.883. The summed E-state index contributed by atoms with van der Waals surface area (Å²) in [4.78, 5) is 0. The summed E-state index contributed by atoms with van der Waals surface area (Å²) in [6.07, 6.45) is 3.17. The Kier molecular flexibility index (Phi) is 4.85. The van der Waals surface area contributed by atoms with Crippen LogP contribution in [0.3, 0.4) is 0 Å². The van der Waals surface area contributed by atoms with Crippen molar-refractivity contribution in [3.63, 3.8) is 0 Å². The van der Waals surface area contributed by atoms with Crippen LogP contribution in [0.25, 0.3) is 6.08 Å². The first kappa shape index (κ1) is 14.9. The molecular weight excluding hydrogens is 289 g/mol. The number of hydrogen-bond donors (Lipinski definition) is 1. The number of nitriles is 1. The highest BCUT2D eigenvalue weighted by atomic mass is 32.2. The van der Waals surface area contributed by atoms with E-state index in [2.05, 4.69) is 0 Å². The van der Waals surface area contributed by atoms with Crippen molar-refractivity contribution in [3.05, 3.63) is 77.1 Å². The van der Waals surface area contributed by atoms with Gasteiger partial charge >= 0.3 is 0 Å². The zero-order valence-corrected chi connectivity index (χ0v) is 11.8. The van der Waals surface area contributed by atoms with Gasteiger partial charge in [-0.1, -0.05) is 36.4 Å². The Morgan fingerprint density at radius 3 is 2.19 bits per heavy atom. The highest BCUT2D eigenvalue weighted by molar-refractivity contribution is 7.72. The highest BCUT2D eigenvalue weighted by Crippen LogP contribution is 2.20. The zero-order chi connectivity index (χ0) is 15.2. The predicted octanol–water partition coefficient (Wildman–Crippen LogP) is 3.06. The third kappa shape index (κ3) is 4.01. The molecule has 106 valence electrons. The van der Waals surface area contributed by atoms with Gasteiger partial charge in [0.15, 0.2) is 10.7 Å². The second-order valence-corrected chi connectivity index (χ2v) is 5.50. The maximum absolute atomic E-state index is 12.8. The molecule has 5 heteroatoms. The van der Waals surface area contributed by atoms with E-state index in [1.54, 1.807) is 48.6 Å². The summed E-state index contributed by atoms with van der Waals surface area (Å²) >= 11 is 0. The molecule has 0 bridgehead atoms. The van der Waals surface area contributed by atoms with Gasteiger partial charge in [0.2, 0.25) is 0 Å². The molecule has 0 amide bonds. The van der Waals surface area contributed by atoms with Crippen LogP contribution in [-0.2, 0) is 10.7 Å². The Hall–Kier alpha value is -2.45. The largest absolute Gasteiger partial charge is 0.231 e. The van der Waals surface area contributed by atoms with Crippen LogP contribution in [0.2, 0.25) is 0 Å². The van der Waals surface area contributed by atoms with Crippen LogP contribution in [0.1, 0.15) is 21.9 Å². The van der Waals surface area contributed by atoms with Gasteiger partial charge in [0.1, 0.15) is 11.1 Å². The molecule has 3 nitrogen and oxygen atoms in total. The SMILES string of the molecule is N#Cc1ccc(C(C=Cc2ccc(F)cc2)[SH](=O)=O)cc1. The zero-order valence-electron chi connectivity index (χ0n) is 10.9. The Balaban J connectivity index is 2.27. The van der Waals surface area contributed by atoms with Crippen molar-refractivity contribution < 1.29 is 12.8 Å². The summed E-state index contributed by atoms with van der Waals surface area (Å²) < 4.78 is 35.6. The third-order valence-electron chi connectivity index (χ3n) is 2.95. The second kappa shape index (κ2) is 6.82. The Morgan fingerprint density at radius 2 is 1.67 bits per heavy atom. The molecule has 21 heavy (non-hydrogen) atoms. The molecule has 1 unspecified atom stereocenters. The van der Waals surface area contributed by atoms with Crippen LogP contribution in [-0.4, -0.2) is 8.42 Å². The van der Waals surface area contributed by atoms with E-state index in [-0.39, 0.29) is 5.82 Å². The number of halogens is 1. The van der Waals surface area contributed by atoms with Crippen molar-refractivity contribution in [2.45, 2.75) is 5.25 Å². The summed E-state index contributed by atoms with van der Waals surface area (Å²) in [5, 5.41) is 7.96. The number of nitrogens with zero attached hydrogens (tertiary/aromatic N) is 1. The molecule has 2 aromatic rings. The molecule has 0 aliphatic heterocycles. The van der Waals surface area contributed by atoms with Gasteiger partial charge in [-0.15, -0.1) is 0 Å². The second-order valence-electron chi connectivity index (χ2n) is 4.37. The molecular formula is C16H12FNO2S. The number of benzene rings is 2.